The fourth-order valence-corrected chi connectivity index (χ4v) is 3.52. The molecule has 0 spiro atoms. The number of esters is 1. The number of amides is 1. The van der Waals surface area contributed by atoms with Gasteiger partial charge in [-0.2, -0.15) is 0 Å². The Morgan fingerprint density at radius 2 is 1.75 bits per heavy atom. The molecule has 1 saturated carbocycles. The summed E-state index contributed by atoms with van der Waals surface area (Å²) < 4.78 is 5.51. The van der Waals surface area contributed by atoms with Gasteiger partial charge in [-0.25, -0.2) is 4.79 Å². The third-order valence-corrected chi connectivity index (χ3v) is 4.78. The second-order valence-electron chi connectivity index (χ2n) is 7.88. The summed E-state index contributed by atoms with van der Waals surface area (Å²) >= 11 is 0. The Kier molecular flexibility index (Phi) is 5.52. The zero-order valence-electron chi connectivity index (χ0n) is 14.5. The smallest absolute Gasteiger partial charge is 0.326 e. The predicted molar refractivity (Wildman–Crippen MR) is 85.1 cm³/mol. The van der Waals surface area contributed by atoms with Crippen LogP contribution in [0.5, 0.6) is 0 Å². The zero-order valence-corrected chi connectivity index (χ0v) is 14.5. The molecule has 0 aromatic heterocycles. The van der Waals surface area contributed by atoms with Gasteiger partial charge in [0, 0.05) is 13.0 Å². The lowest BCUT2D eigenvalue weighted by Crippen LogP contribution is -2.50. The first-order chi connectivity index (χ1) is 11.1. The number of likely N-dealkylation sites (tertiary alicyclic amines) is 1. The normalized spacial score (nSPS) is 26.4. The Labute approximate surface area is 142 Å². The summed E-state index contributed by atoms with van der Waals surface area (Å²) in [5, 5.41) is 19.0. The highest BCUT2D eigenvalue weighted by molar-refractivity contribution is 6.00. The Balaban J connectivity index is 2.18. The van der Waals surface area contributed by atoms with Gasteiger partial charge < -0.3 is 19.8 Å². The van der Waals surface area contributed by atoms with Crippen molar-refractivity contribution < 1.29 is 29.3 Å². The highest BCUT2D eigenvalue weighted by Gasteiger charge is 2.47. The molecular weight excluding hydrogens is 314 g/mol. The van der Waals surface area contributed by atoms with E-state index in [1.807, 2.05) is 0 Å². The Bertz CT molecular complexity index is 506. The van der Waals surface area contributed by atoms with Crippen LogP contribution in [-0.2, 0) is 19.1 Å². The van der Waals surface area contributed by atoms with Crippen LogP contribution in [0.15, 0.2) is 0 Å². The van der Waals surface area contributed by atoms with Gasteiger partial charge in [0.1, 0.15) is 18.1 Å². The van der Waals surface area contributed by atoms with Gasteiger partial charge in [0.25, 0.3) is 0 Å². The number of hydrogen-bond acceptors (Lipinski definition) is 5. The molecule has 1 aliphatic carbocycles. The van der Waals surface area contributed by atoms with Gasteiger partial charge in [0.05, 0.1) is 6.10 Å². The van der Waals surface area contributed by atoms with Crippen LogP contribution in [0.1, 0.15) is 52.9 Å². The standard InChI is InChI=1S/C17H27NO6/c1-17(2,3)13(16(23)24-11-6-4-5-7-11)14(20)18-9-10(19)8-12(18)15(21)22/h10-13,19H,4-9H2,1-3H3,(H,21,22). The summed E-state index contributed by atoms with van der Waals surface area (Å²) in [4.78, 5) is 38.0. The Hall–Kier alpha value is -1.63. The summed E-state index contributed by atoms with van der Waals surface area (Å²) in [5.74, 6) is -3.42. The number of carbonyl (C=O) groups is 3. The molecule has 0 aromatic carbocycles. The van der Waals surface area contributed by atoms with Gasteiger partial charge in [0.15, 0.2) is 0 Å². The molecule has 1 amide bonds. The van der Waals surface area contributed by atoms with Crippen LogP contribution in [0.2, 0.25) is 0 Å². The molecule has 0 bridgehead atoms. The van der Waals surface area contributed by atoms with E-state index < -0.39 is 41.3 Å². The van der Waals surface area contributed by atoms with Crippen LogP contribution in [0.4, 0.5) is 0 Å². The number of hydrogen-bond donors (Lipinski definition) is 2. The number of rotatable bonds is 4. The molecule has 2 N–H and O–H groups in total. The average Bonchev–Trinajstić information content (AvgIpc) is 3.06. The van der Waals surface area contributed by atoms with E-state index in [9.17, 15) is 24.6 Å². The fraction of sp³-hybridized carbons (Fsp3) is 0.824. The molecule has 1 saturated heterocycles. The van der Waals surface area contributed by atoms with Crippen molar-refractivity contribution in [3.05, 3.63) is 0 Å². The average molecular weight is 341 g/mol. The first-order valence-corrected chi connectivity index (χ1v) is 8.53. The number of nitrogens with zero attached hydrogens (tertiary/aromatic N) is 1. The van der Waals surface area contributed by atoms with Crippen LogP contribution in [0.25, 0.3) is 0 Å². The third kappa shape index (κ3) is 4.06. The summed E-state index contributed by atoms with van der Waals surface area (Å²) in [5.41, 5.74) is -0.705. The molecule has 24 heavy (non-hydrogen) atoms. The maximum absolute atomic E-state index is 12.9. The highest BCUT2D eigenvalue weighted by atomic mass is 16.5. The number of β-amino-alcohol motifs (C(OH)–C–C–N with tert-alkyl or cyclic N) is 1. The minimum atomic E-state index is -1.17. The minimum absolute atomic E-state index is 0.0182. The summed E-state index contributed by atoms with van der Waals surface area (Å²) in [6.45, 7) is 5.20. The van der Waals surface area contributed by atoms with Crippen molar-refractivity contribution in [2.24, 2.45) is 11.3 Å². The number of aliphatic carboxylic acids is 1. The van der Waals surface area contributed by atoms with Crippen molar-refractivity contribution in [1.82, 2.24) is 4.90 Å². The summed E-state index contributed by atoms with van der Waals surface area (Å²) in [6.07, 6.45) is 2.55. The topological polar surface area (TPSA) is 104 Å². The lowest BCUT2D eigenvalue weighted by atomic mass is 9.79. The first-order valence-electron chi connectivity index (χ1n) is 8.53. The van der Waals surface area contributed by atoms with E-state index in [2.05, 4.69) is 0 Å². The molecule has 2 fully saturated rings. The molecule has 2 aliphatic rings. The molecule has 1 aliphatic heterocycles. The highest BCUT2D eigenvalue weighted by Crippen LogP contribution is 2.33. The molecule has 2 rings (SSSR count). The quantitative estimate of drug-likeness (QED) is 0.588. The molecule has 3 unspecified atom stereocenters. The number of aliphatic hydroxyl groups is 1. The number of carbonyl (C=O) groups excluding carboxylic acids is 2. The van der Waals surface area contributed by atoms with E-state index in [4.69, 9.17) is 4.74 Å². The van der Waals surface area contributed by atoms with E-state index in [1.165, 1.54) is 0 Å². The van der Waals surface area contributed by atoms with Crippen LogP contribution >= 0.6 is 0 Å². The van der Waals surface area contributed by atoms with Gasteiger partial charge in [-0.1, -0.05) is 20.8 Å². The lowest BCUT2D eigenvalue weighted by molar-refractivity contribution is -0.167. The minimum Gasteiger partial charge on any atom is -0.480 e. The SMILES string of the molecule is CC(C)(C)C(C(=O)OC1CCCC1)C(=O)N1CC(O)CC1C(=O)O. The van der Waals surface area contributed by atoms with E-state index in [1.54, 1.807) is 20.8 Å². The van der Waals surface area contributed by atoms with Crippen molar-refractivity contribution in [2.75, 3.05) is 6.54 Å². The maximum atomic E-state index is 12.9. The maximum Gasteiger partial charge on any atom is 0.326 e. The molecule has 7 heteroatoms. The Morgan fingerprint density at radius 1 is 1.17 bits per heavy atom. The fourth-order valence-electron chi connectivity index (χ4n) is 3.52. The summed E-state index contributed by atoms with van der Waals surface area (Å²) in [6, 6.07) is -1.10. The first kappa shape index (κ1) is 18.7. The molecule has 7 nitrogen and oxygen atoms in total. The van der Waals surface area contributed by atoms with Gasteiger partial charge >= 0.3 is 11.9 Å². The van der Waals surface area contributed by atoms with Crippen LogP contribution in [-0.4, -0.2) is 57.8 Å². The second-order valence-corrected chi connectivity index (χ2v) is 7.88. The molecular formula is C17H27NO6. The van der Waals surface area contributed by atoms with E-state index in [-0.39, 0.29) is 19.1 Å². The molecule has 0 radical (unpaired) electrons. The van der Waals surface area contributed by atoms with Gasteiger partial charge in [-0.05, 0) is 31.1 Å². The van der Waals surface area contributed by atoms with E-state index >= 15 is 0 Å². The molecule has 3 atom stereocenters. The van der Waals surface area contributed by atoms with Gasteiger partial charge in [0.2, 0.25) is 5.91 Å². The number of ether oxygens (including phenoxy) is 1. The zero-order chi connectivity index (χ0) is 18.1. The van der Waals surface area contributed by atoms with Crippen LogP contribution in [0, 0.1) is 11.3 Å². The number of carboxylic acid groups (broad SMARTS) is 1. The van der Waals surface area contributed by atoms with Gasteiger partial charge in [-0.3, -0.25) is 9.59 Å². The predicted octanol–water partition coefficient (Wildman–Crippen LogP) is 1.18. The third-order valence-electron chi connectivity index (χ3n) is 4.78. The van der Waals surface area contributed by atoms with Crippen molar-refractivity contribution >= 4 is 17.8 Å². The van der Waals surface area contributed by atoms with Crippen molar-refractivity contribution in [2.45, 2.75) is 71.1 Å². The Morgan fingerprint density at radius 3 is 2.25 bits per heavy atom. The number of carboxylic acids is 1. The van der Waals surface area contributed by atoms with E-state index in [0.717, 1.165) is 30.6 Å². The monoisotopic (exact) mass is 341 g/mol. The molecule has 1 heterocycles. The molecule has 0 aromatic rings. The van der Waals surface area contributed by atoms with Crippen LogP contribution in [0.3, 0.4) is 0 Å². The lowest BCUT2D eigenvalue weighted by Gasteiger charge is -2.33. The van der Waals surface area contributed by atoms with Crippen molar-refractivity contribution in [1.29, 1.82) is 0 Å². The number of aliphatic hydroxyl groups excluding tert-OH is 1. The molecule has 136 valence electrons. The summed E-state index contributed by atoms with van der Waals surface area (Å²) in [7, 11) is 0. The van der Waals surface area contributed by atoms with E-state index in [0.29, 0.717) is 0 Å². The second kappa shape index (κ2) is 7.09. The van der Waals surface area contributed by atoms with Crippen LogP contribution < -0.4 is 0 Å². The van der Waals surface area contributed by atoms with Crippen molar-refractivity contribution in [3.8, 4) is 0 Å². The van der Waals surface area contributed by atoms with Gasteiger partial charge in [-0.15, -0.1) is 0 Å². The largest absolute Gasteiger partial charge is 0.480 e. The van der Waals surface area contributed by atoms with Crippen molar-refractivity contribution in [3.63, 3.8) is 0 Å².